The van der Waals surface area contributed by atoms with Crippen LogP contribution in [0.1, 0.15) is 19.8 Å². The van der Waals surface area contributed by atoms with Crippen LogP contribution in [0.25, 0.3) is 0 Å². The first-order chi connectivity index (χ1) is 5.22. The predicted molar refractivity (Wildman–Crippen MR) is 46.9 cm³/mol. The highest BCUT2D eigenvalue weighted by Gasteiger charge is 2.12. The zero-order chi connectivity index (χ0) is 8.27. The van der Waals surface area contributed by atoms with Crippen LogP contribution in [-0.4, -0.2) is 22.6 Å². The van der Waals surface area contributed by atoms with Gasteiger partial charge in [-0.2, -0.15) is 11.8 Å². The van der Waals surface area contributed by atoms with Gasteiger partial charge in [0.05, 0.1) is 0 Å². The Bertz CT molecular complexity index is 188. The van der Waals surface area contributed by atoms with Gasteiger partial charge in [0.2, 0.25) is 0 Å². The summed E-state index contributed by atoms with van der Waals surface area (Å²) in [6, 6.07) is 0. The molecule has 0 bridgehead atoms. The van der Waals surface area contributed by atoms with Crippen LogP contribution >= 0.6 is 11.8 Å². The van der Waals surface area contributed by atoms with E-state index >= 15 is 0 Å². The molecular weight excluding hydrogens is 160 g/mol. The smallest absolute Gasteiger partial charge is 0.331 e. The minimum Gasteiger partial charge on any atom is -0.478 e. The van der Waals surface area contributed by atoms with Crippen molar-refractivity contribution in [3.63, 3.8) is 0 Å². The molecule has 1 saturated heterocycles. The molecule has 1 rings (SSSR count). The van der Waals surface area contributed by atoms with E-state index in [1.54, 1.807) is 6.92 Å². The second-order valence-electron chi connectivity index (χ2n) is 2.65. The van der Waals surface area contributed by atoms with Crippen LogP contribution in [0.2, 0.25) is 0 Å². The second-order valence-corrected chi connectivity index (χ2v) is 3.87. The maximum atomic E-state index is 10.5. The highest BCUT2D eigenvalue weighted by atomic mass is 32.2. The number of carboxylic acid groups (broad SMARTS) is 1. The maximum Gasteiger partial charge on any atom is 0.331 e. The summed E-state index contributed by atoms with van der Waals surface area (Å²) in [5.41, 5.74) is 1.70. The molecule has 0 radical (unpaired) electrons. The lowest BCUT2D eigenvalue weighted by molar-refractivity contribution is -0.132. The molecule has 0 saturated carbocycles. The standard InChI is InChI=1S/C8H12O2S/c1-6(8(9)10)7-2-4-11-5-3-7/h2-5H2,1H3,(H,9,10). The highest BCUT2D eigenvalue weighted by molar-refractivity contribution is 7.99. The fourth-order valence-corrected chi connectivity index (χ4v) is 2.13. The van der Waals surface area contributed by atoms with Crippen molar-refractivity contribution in [1.82, 2.24) is 0 Å². The van der Waals surface area contributed by atoms with Gasteiger partial charge in [0, 0.05) is 5.57 Å². The molecule has 62 valence electrons. The zero-order valence-corrected chi connectivity index (χ0v) is 7.41. The Labute approximate surface area is 70.7 Å². The lowest BCUT2D eigenvalue weighted by Gasteiger charge is -2.14. The molecule has 0 aliphatic carbocycles. The number of thioether (sulfide) groups is 1. The molecule has 1 N–H and O–H groups in total. The molecule has 0 amide bonds. The van der Waals surface area contributed by atoms with Gasteiger partial charge in [0.1, 0.15) is 0 Å². The fourth-order valence-electron chi connectivity index (χ4n) is 1.14. The average molecular weight is 172 g/mol. The first-order valence-electron chi connectivity index (χ1n) is 3.71. The molecule has 3 heteroatoms. The molecule has 0 aromatic heterocycles. The van der Waals surface area contributed by atoms with E-state index in [9.17, 15) is 4.79 Å². The van der Waals surface area contributed by atoms with E-state index in [1.807, 2.05) is 11.8 Å². The summed E-state index contributed by atoms with van der Waals surface area (Å²) < 4.78 is 0. The molecule has 1 heterocycles. The minimum absolute atomic E-state index is 0.560. The molecule has 0 aromatic carbocycles. The van der Waals surface area contributed by atoms with Crippen molar-refractivity contribution < 1.29 is 9.90 Å². The Morgan fingerprint density at radius 3 is 2.45 bits per heavy atom. The van der Waals surface area contributed by atoms with Gasteiger partial charge in [-0.15, -0.1) is 0 Å². The van der Waals surface area contributed by atoms with Gasteiger partial charge in [0.15, 0.2) is 0 Å². The van der Waals surface area contributed by atoms with Crippen molar-refractivity contribution in [1.29, 1.82) is 0 Å². The van der Waals surface area contributed by atoms with E-state index in [0.717, 1.165) is 29.9 Å². The summed E-state index contributed by atoms with van der Waals surface area (Å²) in [5.74, 6) is 1.41. The topological polar surface area (TPSA) is 37.3 Å². The van der Waals surface area contributed by atoms with Gasteiger partial charge in [-0.3, -0.25) is 0 Å². The van der Waals surface area contributed by atoms with Crippen molar-refractivity contribution in [3.8, 4) is 0 Å². The third-order valence-corrected chi connectivity index (χ3v) is 2.93. The molecule has 1 aliphatic heterocycles. The molecule has 0 atom stereocenters. The molecule has 1 fully saturated rings. The Balaban J connectivity index is 2.68. The van der Waals surface area contributed by atoms with E-state index < -0.39 is 5.97 Å². The van der Waals surface area contributed by atoms with E-state index in [4.69, 9.17) is 5.11 Å². The minimum atomic E-state index is -0.757. The molecule has 0 unspecified atom stereocenters. The monoisotopic (exact) mass is 172 g/mol. The van der Waals surface area contributed by atoms with E-state index in [2.05, 4.69) is 0 Å². The van der Waals surface area contributed by atoms with E-state index in [1.165, 1.54) is 0 Å². The van der Waals surface area contributed by atoms with Crippen molar-refractivity contribution >= 4 is 17.7 Å². The number of allylic oxidation sites excluding steroid dienone is 1. The summed E-state index contributed by atoms with van der Waals surface area (Å²) in [5, 5.41) is 8.67. The van der Waals surface area contributed by atoms with Crippen molar-refractivity contribution in [3.05, 3.63) is 11.1 Å². The Morgan fingerprint density at radius 1 is 1.45 bits per heavy atom. The first kappa shape index (κ1) is 8.65. The van der Waals surface area contributed by atoms with Crippen LogP contribution in [0.5, 0.6) is 0 Å². The maximum absolute atomic E-state index is 10.5. The Morgan fingerprint density at radius 2 is 2.00 bits per heavy atom. The zero-order valence-electron chi connectivity index (χ0n) is 6.59. The van der Waals surface area contributed by atoms with Crippen LogP contribution in [0, 0.1) is 0 Å². The number of aliphatic carboxylic acids is 1. The third-order valence-electron chi connectivity index (χ3n) is 1.95. The summed E-state index contributed by atoms with van der Waals surface area (Å²) in [4.78, 5) is 10.5. The fraction of sp³-hybridized carbons (Fsp3) is 0.625. The van der Waals surface area contributed by atoms with E-state index in [-0.39, 0.29) is 0 Å². The third kappa shape index (κ3) is 2.26. The Kier molecular flexibility index (Phi) is 3.00. The quantitative estimate of drug-likeness (QED) is 0.614. The molecule has 0 aromatic rings. The summed E-state index contributed by atoms with van der Waals surface area (Å²) in [6.45, 7) is 1.70. The van der Waals surface area contributed by atoms with Crippen molar-refractivity contribution in [2.75, 3.05) is 11.5 Å². The van der Waals surface area contributed by atoms with Crippen molar-refractivity contribution in [2.45, 2.75) is 19.8 Å². The normalized spacial score (nSPS) is 18.1. The van der Waals surface area contributed by atoms with Gasteiger partial charge in [-0.05, 0) is 31.3 Å². The number of hydrogen-bond donors (Lipinski definition) is 1. The Hall–Kier alpha value is -0.440. The number of hydrogen-bond acceptors (Lipinski definition) is 2. The van der Waals surface area contributed by atoms with Gasteiger partial charge in [-0.1, -0.05) is 5.57 Å². The van der Waals surface area contributed by atoms with Crippen LogP contribution < -0.4 is 0 Å². The number of carboxylic acids is 1. The van der Waals surface area contributed by atoms with Gasteiger partial charge >= 0.3 is 5.97 Å². The second kappa shape index (κ2) is 3.81. The van der Waals surface area contributed by atoms with Crippen LogP contribution in [0.4, 0.5) is 0 Å². The largest absolute Gasteiger partial charge is 0.478 e. The molecular formula is C8H12O2S. The van der Waals surface area contributed by atoms with Crippen LogP contribution in [-0.2, 0) is 4.79 Å². The first-order valence-corrected chi connectivity index (χ1v) is 4.87. The van der Waals surface area contributed by atoms with E-state index in [0.29, 0.717) is 5.57 Å². The van der Waals surface area contributed by atoms with Crippen molar-refractivity contribution in [2.24, 2.45) is 0 Å². The summed E-state index contributed by atoms with van der Waals surface area (Å²) in [7, 11) is 0. The highest BCUT2D eigenvalue weighted by Crippen LogP contribution is 2.24. The van der Waals surface area contributed by atoms with Gasteiger partial charge in [-0.25, -0.2) is 4.79 Å². The SMILES string of the molecule is CC(C(=O)O)=C1CCSCC1. The lowest BCUT2D eigenvalue weighted by Crippen LogP contribution is -2.06. The van der Waals surface area contributed by atoms with Gasteiger partial charge < -0.3 is 5.11 Å². The molecule has 1 aliphatic rings. The molecule has 0 spiro atoms. The molecule has 11 heavy (non-hydrogen) atoms. The number of carbonyl (C=O) groups is 1. The average Bonchev–Trinajstić information content (AvgIpc) is 2.05. The summed E-state index contributed by atoms with van der Waals surface area (Å²) >= 11 is 1.90. The predicted octanol–water partition coefficient (Wildman–Crippen LogP) is 1.91. The summed E-state index contributed by atoms with van der Waals surface area (Å²) in [6.07, 6.45) is 1.92. The molecule has 2 nitrogen and oxygen atoms in total. The van der Waals surface area contributed by atoms with Crippen LogP contribution in [0.15, 0.2) is 11.1 Å². The number of rotatable bonds is 1. The van der Waals surface area contributed by atoms with Crippen LogP contribution in [0.3, 0.4) is 0 Å². The lowest BCUT2D eigenvalue weighted by atomic mass is 10.0. The van der Waals surface area contributed by atoms with Gasteiger partial charge in [0.25, 0.3) is 0 Å².